The van der Waals surface area contributed by atoms with Crippen LogP contribution in [0.1, 0.15) is 18.1 Å². The lowest BCUT2D eigenvalue weighted by atomic mass is 10.1. The number of ether oxygens (including phenoxy) is 1. The first-order valence-electron chi connectivity index (χ1n) is 8.81. The predicted octanol–water partition coefficient (Wildman–Crippen LogP) is 3.47. The molecule has 2 aliphatic rings. The van der Waals surface area contributed by atoms with E-state index in [0.717, 1.165) is 10.6 Å². The van der Waals surface area contributed by atoms with E-state index >= 15 is 0 Å². The van der Waals surface area contributed by atoms with Gasteiger partial charge in [0.05, 0.1) is 5.57 Å². The minimum atomic E-state index is -0.478. The number of carbonyl (C=O) groups excluding carboxylic acids is 2. The first-order chi connectivity index (χ1) is 14.0. The van der Waals surface area contributed by atoms with Gasteiger partial charge in [-0.05, 0) is 41.1 Å². The largest absolute Gasteiger partial charge is 0.427 e. The Morgan fingerprint density at radius 1 is 1.17 bits per heavy atom. The molecule has 0 fully saturated rings. The zero-order chi connectivity index (χ0) is 20.4. The summed E-state index contributed by atoms with van der Waals surface area (Å²) in [5.41, 5.74) is 1.94. The van der Waals surface area contributed by atoms with Crippen LogP contribution >= 0.6 is 11.8 Å². The number of benzene rings is 2. The van der Waals surface area contributed by atoms with E-state index in [1.54, 1.807) is 30.3 Å². The number of rotatable bonds is 4. The van der Waals surface area contributed by atoms with Crippen molar-refractivity contribution in [2.75, 3.05) is 0 Å². The lowest BCUT2D eigenvalue weighted by Crippen LogP contribution is -2.35. The number of fused-ring (bicyclic) bond motifs is 1. The zero-order valence-corrected chi connectivity index (χ0v) is 16.3. The molecule has 0 radical (unpaired) electrons. The lowest BCUT2D eigenvalue weighted by Gasteiger charge is -2.20. The summed E-state index contributed by atoms with van der Waals surface area (Å²) in [6, 6.07) is 16.5. The van der Waals surface area contributed by atoms with E-state index in [4.69, 9.17) is 10.1 Å². The van der Waals surface area contributed by atoms with Crippen molar-refractivity contribution in [2.24, 2.45) is 10.1 Å². The average molecular weight is 404 g/mol. The maximum atomic E-state index is 12.5. The van der Waals surface area contributed by atoms with E-state index in [-0.39, 0.29) is 11.4 Å². The van der Waals surface area contributed by atoms with Crippen LogP contribution in [-0.2, 0) is 16.0 Å². The van der Waals surface area contributed by atoms with Crippen LogP contribution in [0.15, 0.2) is 70.3 Å². The number of esters is 1. The number of hydrogen-bond donors (Lipinski definition) is 1. The van der Waals surface area contributed by atoms with Crippen LogP contribution in [0, 0.1) is 5.41 Å². The maximum absolute atomic E-state index is 12.5. The van der Waals surface area contributed by atoms with Gasteiger partial charge in [0.2, 0.25) is 5.17 Å². The van der Waals surface area contributed by atoms with E-state index in [0.29, 0.717) is 22.9 Å². The number of carbonyl (C=O) groups is 2. The summed E-state index contributed by atoms with van der Waals surface area (Å²) in [5.74, 6) is -0.484. The highest BCUT2D eigenvalue weighted by molar-refractivity contribution is 8.26. The summed E-state index contributed by atoms with van der Waals surface area (Å²) in [4.78, 5) is 27.6. The summed E-state index contributed by atoms with van der Waals surface area (Å²) in [6.45, 7) is 1.33. The number of amides is 1. The van der Waals surface area contributed by atoms with Crippen molar-refractivity contribution >= 4 is 45.8 Å². The minimum Gasteiger partial charge on any atom is -0.427 e. The SMILES string of the molecule is CC(=O)Oc1ccc(/C=C2/C(=N)N3N=C(Cc4ccccc4)SC3=NC2=O)cc1. The number of thioether (sulfide) groups is 1. The van der Waals surface area contributed by atoms with Gasteiger partial charge in [0.25, 0.3) is 5.91 Å². The smallest absolute Gasteiger partial charge is 0.308 e. The number of nitrogens with zero attached hydrogens (tertiary/aromatic N) is 3. The fraction of sp³-hybridized carbons (Fsp3) is 0.0952. The van der Waals surface area contributed by atoms with Crippen molar-refractivity contribution in [1.29, 1.82) is 5.41 Å². The molecule has 1 N–H and O–H groups in total. The Labute approximate surface area is 171 Å². The Morgan fingerprint density at radius 2 is 1.90 bits per heavy atom. The zero-order valence-electron chi connectivity index (χ0n) is 15.5. The van der Waals surface area contributed by atoms with Crippen LogP contribution in [0.4, 0.5) is 0 Å². The van der Waals surface area contributed by atoms with E-state index in [2.05, 4.69) is 10.1 Å². The third-order valence-corrected chi connectivity index (χ3v) is 5.06. The van der Waals surface area contributed by atoms with Gasteiger partial charge >= 0.3 is 5.97 Å². The molecule has 144 valence electrons. The van der Waals surface area contributed by atoms with Crippen LogP contribution in [0.3, 0.4) is 0 Å². The Bertz CT molecular complexity index is 1090. The molecule has 2 aliphatic heterocycles. The molecule has 1 amide bonds. The second-order valence-corrected chi connectivity index (χ2v) is 7.38. The van der Waals surface area contributed by atoms with Crippen molar-refractivity contribution in [2.45, 2.75) is 13.3 Å². The molecule has 0 unspecified atom stereocenters. The van der Waals surface area contributed by atoms with Crippen LogP contribution in [0.25, 0.3) is 6.08 Å². The molecule has 7 nitrogen and oxygen atoms in total. The van der Waals surface area contributed by atoms with Crippen molar-refractivity contribution in [3.63, 3.8) is 0 Å². The van der Waals surface area contributed by atoms with Gasteiger partial charge in [0.1, 0.15) is 10.8 Å². The van der Waals surface area contributed by atoms with E-state index in [1.807, 2.05) is 30.3 Å². The maximum Gasteiger partial charge on any atom is 0.308 e. The summed E-state index contributed by atoms with van der Waals surface area (Å²) in [7, 11) is 0. The van der Waals surface area contributed by atoms with Crippen molar-refractivity contribution < 1.29 is 14.3 Å². The Kier molecular flexibility index (Phi) is 5.09. The highest BCUT2D eigenvalue weighted by atomic mass is 32.2. The fourth-order valence-electron chi connectivity index (χ4n) is 2.84. The molecule has 8 heteroatoms. The number of hydrogen-bond acceptors (Lipinski definition) is 6. The molecule has 0 saturated heterocycles. The van der Waals surface area contributed by atoms with Crippen LogP contribution in [0.2, 0.25) is 0 Å². The minimum absolute atomic E-state index is 0.0142. The Morgan fingerprint density at radius 3 is 2.59 bits per heavy atom. The summed E-state index contributed by atoms with van der Waals surface area (Å²) < 4.78 is 5.00. The topological polar surface area (TPSA) is 95.2 Å². The number of nitrogens with one attached hydrogen (secondary N) is 1. The third-order valence-electron chi connectivity index (χ3n) is 4.15. The number of aliphatic imine (C=N–C) groups is 1. The predicted molar refractivity (Wildman–Crippen MR) is 113 cm³/mol. The molecule has 0 atom stereocenters. The van der Waals surface area contributed by atoms with Crippen molar-refractivity contribution in [3.05, 3.63) is 71.3 Å². The van der Waals surface area contributed by atoms with Crippen LogP contribution < -0.4 is 4.74 Å². The second-order valence-electron chi connectivity index (χ2n) is 6.34. The summed E-state index contributed by atoms with van der Waals surface area (Å²) >= 11 is 1.30. The highest BCUT2D eigenvalue weighted by Crippen LogP contribution is 2.29. The Hall–Kier alpha value is -3.52. The molecule has 0 aromatic heterocycles. The van der Waals surface area contributed by atoms with Crippen LogP contribution in [0.5, 0.6) is 5.75 Å². The number of amidine groups is 2. The molecule has 2 aromatic rings. The molecule has 4 rings (SSSR count). The van der Waals surface area contributed by atoms with E-state index < -0.39 is 11.9 Å². The van der Waals surface area contributed by atoms with Gasteiger partial charge in [0, 0.05) is 13.3 Å². The standard InChI is InChI=1S/C21H16N4O3S/c1-13(26)28-16-9-7-15(8-10-16)11-17-19(22)25-21(23-20(17)27)29-18(24-25)12-14-5-3-2-4-6-14/h2-11,22H,12H2,1H3/b17-11-,22-19?. The van der Waals surface area contributed by atoms with Gasteiger partial charge in [-0.2, -0.15) is 15.1 Å². The summed E-state index contributed by atoms with van der Waals surface area (Å²) in [5, 5.41) is 15.5. The van der Waals surface area contributed by atoms with Gasteiger partial charge in [0.15, 0.2) is 5.84 Å². The molecule has 0 bridgehead atoms. The molecule has 0 saturated carbocycles. The Balaban J connectivity index is 1.55. The molecule has 0 spiro atoms. The molecule has 29 heavy (non-hydrogen) atoms. The van der Waals surface area contributed by atoms with Gasteiger partial charge in [-0.3, -0.25) is 15.0 Å². The fourth-order valence-corrected chi connectivity index (χ4v) is 3.76. The van der Waals surface area contributed by atoms with Crippen molar-refractivity contribution in [3.8, 4) is 5.75 Å². The monoisotopic (exact) mass is 404 g/mol. The molecular formula is C21H16N4O3S. The van der Waals surface area contributed by atoms with Gasteiger partial charge < -0.3 is 4.74 Å². The van der Waals surface area contributed by atoms with Gasteiger partial charge in [-0.1, -0.05) is 42.5 Å². The van der Waals surface area contributed by atoms with Crippen molar-refractivity contribution in [1.82, 2.24) is 5.01 Å². The van der Waals surface area contributed by atoms with Crippen LogP contribution in [-0.4, -0.2) is 32.9 Å². The van der Waals surface area contributed by atoms with Gasteiger partial charge in [-0.15, -0.1) is 0 Å². The second kappa shape index (κ2) is 7.84. The molecule has 2 heterocycles. The number of hydrazone groups is 1. The third kappa shape index (κ3) is 4.17. The highest BCUT2D eigenvalue weighted by Gasteiger charge is 2.35. The molecular weight excluding hydrogens is 388 g/mol. The quantitative estimate of drug-likeness (QED) is 0.478. The molecule has 2 aromatic carbocycles. The van der Waals surface area contributed by atoms with E-state index in [9.17, 15) is 9.59 Å². The normalized spacial score (nSPS) is 17.1. The first-order valence-corrected chi connectivity index (χ1v) is 9.63. The summed E-state index contributed by atoms with van der Waals surface area (Å²) in [6.07, 6.45) is 2.19. The van der Waals surface area contributed by atoms with Gasteiger partial charge in [-0.25, -0.2) is 0 Å². The van der Waals surface area contributed by atoms with E-state index in [1.165, 1.54) is 23.7 Å². The lowest BCUT2D eigenvalue weighted by molar-refractivity contribution is -0.131. The first kappa shape index (κ1) is 18.8. The molecule has 0 aliphatic carbocycles. The average Bonchev–Trinajstić information content (AvgIpc) is 3.09.